The van der Waals surface area contributed by atoms with E-state index in [1.807, 2.05) is 0 Å². The molecule has 0 atom stereocenters. The van der Waals surface area contributed by atoms with Gasteiger partial charge in [-0.15, -0.1) is 0 Å². The van der Waals surface area contributed by atoms with Crippen molar-refractivity contribution >= 4 is 11.7 Å². The van der Waals surface area contributed by atoms with Gasteiger partial charge >= 0.3 is 0 Å². The average Bonchev–Trinajstić information content (AvgIpc) is 2.02. The Morgan fingerprint density at radius 3 is 2.85 bits per heavy atom. The van der Waals surface area contributed by atoms with Crippen molar-refractivity contribution in [1.82, 2.24) is 4.98 Å². The summed E-state index contributed by atoms with van der Waals surface area (Å²) in [4.78, 5) is 13.7. The fourth-order valence-corrected chi connectivity index (χ4v) is 0.715. The molecule has 1 amide bonds. The zero-order valence-electron chi connectivity index (χ0n) is 6.55. The number of nitrogens with one attached hydrogen (secondary N) is 1. The maximum atomic E-state index is 12.8. The van der Waals surface area contributed by atoms with E-state index >= 15 is 0 Å². The molecule has 1 aromatic rings. The normalized spacial score (nSPS) is 9.69. The summed E-state index contributed by atoms with van der Waals surface area (Å²) in [5, 5.41) is 2.31. The average molecular weight is 187 g/mol. The maximum Gasteiger partial charge on any atom is 0.236 e. The largest absolute Gasteiger partial charge is 0.368 e. The summed E-state index contributed by atoms with van der Waals surface area (Å²) >= 11 is 0. The Balaban J connectivity index is 2.72. The first kappa shape index (κ1) is 9.37. The third-order valence-electron chi connectivity index (χ3n) is 1.24. The van der Waals surface area contributed by atoms with Gasteiger partial charge in [0.15, 0.2) is 11.6 Å². The van der Waals surface area contributed by atoms with Gasteiger partial charge in [0.2, 0.25) is 5.91 Å². The van der Waals surface area contributed by atoms with Gasteiger partial charge in [-0.1, -0.05) is 0 Å². The third-order valence-corrected chi connectivity index (χ3v) is 1.24. The van der Waals surface area contributed by atoms with Crippen molar-refractivity contribution in [2.24, 2.45) is 5.73 Å². The van der Waals surface area contributed by atoms with Crippen LogP contribution in [0.15, 0.2) is 12.3 Å². The van der Waals surface area contributed by atoms with Crippen molar-refractivity contribution in [3.05, 3.63) is 23.9 Å². The number of aromatic nitrogens is 1. The van der Waals surface area contributed by atoms with Crippen LogP contribution in [-0.4, -0.2) is 17.4 Å². The number of rotatable bonds is 3. The quantitative estimate of drug-likeness (QED) is 0.713. The first-order valence-electron chi connectivity index (χ1n) is 3.43. The molecule has 4 nitrogen and oxygen atoms in total. The zero-order valence-corrected chi connectivity index (χ0v) is 6.55. The summed E-state index contributed by atoms with van der Waals surface area (Å²) in [6.07, 6.45) is 0.840. The van der Waals surface area contributed by atoms with Gasteiger partial charge in [0.1, 0.15) is 5.82 Å². The minimum absolute atomic E-state index is 0.194. The molecule has 0 fully saturated rings. The van der Waals surface area contributed by atoms with Crippen LogP contribution in [0.2, 0.25) is 0 Å². The van der Waals surface area contributed by atoms with E-state index in [0.717, 1.165) is 6.20 Å². The Morgan fingerprint density at radius 1 is 1.62 bits per heavy atom. The van der Waals surface area contributed by atoms with Crippen LogP contribution < -0.4 is 11.1 Å². The van der Waals surface area contributed by atoms with E-state index in [0.29, 0.717) is 6.07 Å². The predicted molar refractivity (Wildman–Crippen MR) is 41.8 cm³/mol. The highest BCUT2D eigenvalue weighted by molar-refractivity contribution is 5.78. The van der Waals surface area contributed by atoms with Crippen molar-refractivity contribution < 1.29 is 13.6 Å². The van der Waals surface area contributed by atoms with Crippen molar-refractivity contribution in [2.45, 2.75) is 0 Å². The lowest BCUT2D eigenvalue weighted by Gasteiger charge is -2.02. The van der Waals surface area contributed by atoms with Gasteiger partial charge in [0.05, 0.1) is 12.7 Å². The van der Waals surface area contributed by atoms with E-state index < -0.39 is 17.5 Å². The van der Waals surface area contributed by atoms with Crippen molar-refractivity contribution in [1.29, 1.82) is 0 Å². The number of hydrogen-bond acceptors (Lipinski definition) is 3. The lowest BCUT2D eigenvalue weighted by atomic mass is 10.4. The summed E-state index contributed by atoms with van der Waals surface area (Å²) in [5.74, 6) is -2.48. The molecule has 0 aliphatic heterocycles. The number of nitrogens with two attached hydrogens (primary N) is 1. The first-order chi connectivity index (χ1) is 6.09. The highest BCUT2D eigenvalue weighted by Crippen LogP contribution is 2.10. The summed E-state index contributed by atoms with van der Waals surface area (Å²) in [6.45, 7) is -0.241. The fourth-order valence-electron chi connectivity index (χ4n) is 0.715. The van der Waals surface area contributed by atoms with Crippen LogP contribution in [0.5, 0.6) is 0 Å². The molecule has 13 heavy (non-hydrogen) atoms. The van der Waals surface area contributed by atoms with Crippen LogP contribution in [-0.2, 0) is 4.79 Å². The maximum absolute atomic E-state index is 12.8. The number of hydrogen-bond donors (Lipinski definition) is 2. The molecule has 0 saturated heterocycles. The van der Waals surface area contributed by atoms with Crippen LogP contribution in [0.1, 0.15) is 0 Å². The van der Waals surface area contributed by atoms with Gasteiger partial charge in [-0.25, -0.2) is 13.8 Å². The lowest BCUT2D eigenvalue weighted by molar-refractivity contribution is -0.116. The van der Waals surface area contributed by atoms with E-state index in [9.17, 15) is 13.6 Å². The topological polar surface area (TPSA) is 68.0 Å². The summed E-state index contributed by atoms with van der Waals surface area (Å²) < 4.78 is 25.1. The Hall–Kier alpha value is -1.72. The standard InChI is InChI=1S/C7H7F2N3O/c8-4-1-5(9)7(11-2-4)12-3-6(10)13/h1-2H,3H2,(H2,10,13)(H,11,12). The fraction of sp³-hybridized carbons (Fsp3) is 0.143. The second-order valence-corrected chi connectivity index (χ2v) is 2.30. The molecule has 70 valence electrons. The van der Waals surface area contributed by atoms with Gasteiger partial charge in [-0.05, 0) is 0 Å². The molecular formula is C7H7F2N3O. The number of anilines is 1. The zero-order chi connectivity index (χ0) is 9.84. The second-order valence-electron chi connectivity index (χ2n) is 2.30. The van der Waals surface area contributed by atoms with Crippen molar-refractivity contribution in [3.8, 4) is 0 Å². The first-order valence-corrected chi connectivity index (χ1v) is 3.43. The summed E-state index contributed by atoms with van der Waals surface area (Å²) in [5.41, 5.74) is 4.79. The number of halogens is 2. The molecule has 0 aliphatic carbocycles. The number of carbonyl (C=O) groups excluding carboxylic acids is 1. The number of carbonyl (C=O) groups is 1. The van der Waals surface area contributed by atoms with Crippen LogP contribution in [0.25, 0.3) is 0 Å². The van der Waals surface area contributed by atoms with Gasteiger partial charge in [0, 0.05) is 6.07 Å². The second kappa shape index (κ2) is 3.79. The minimum atomic E-state index is -0.860. The van der Waals surface area contributed by atoms with Crippen LogP contribution in [0.3, 0.4) is 0 Å². The Kier molecular flexibility index (Phi) is 2.73. The van der Waals surface area contributed by atoms with E-state index in [-0.39, 0.29) is 12.4 Å². The molecule has 0 spiro atoms. The van der Waals surface area contributed by atoms with Gasteiger partial charge < -0.3 is 11.1 Å². The van der Waals surface area contributed by atoms with Gasteiger partial charge in [0.25, 0.3) is 0 Å². The molecular weight excluding hydrogens is 180 g/mol. The van der Waals surface area contributed by atoms with E-state index in [4.69, 9.17) is 5.73 Å². The van der Waals surface area contributed by atoms with Gasteiger partial charge in [-0.3, -0.25) is 4.79 Å². The highest BCUT2D eigenvalue weighted by Gasteiger charge is 2.05. The number of nitrogens with zero attached hydrogens (tertiary/aromatic N) is 1. The Labute approximate surface area is 72.8 Å². The third kappa shape index (κ3) is 2.66. The van der Waals surface area contributed by atoms with Crippen molar-refractivity contribution in [2.75, 3.05) is 11.9 Å². The van der Waals surface area contributed by atoms with E-state index in [1.165, 1.54) is 0 Å². The van der Waals surface area contributed by atoms with Crippen LogP contribution in [0, 0.1) is 11.6 Å². The minimum Gasteiger partial charge on any atom is -0.368 e. The molecule has 3 N–H and O–H groups in total. The smallest absolute Gasteiger partial charge is 0.236 e. The molecule has 0 radical (unpaired) electrons. The monoisotopic (exact) mass is 187 g/mol. The van der Waals surface area contributed by atoms with Crippen LogP contribution >= 0.6 is 0 Å². The Morgan fingerprint density at radius 2 is 2.31 bits per heavy atom. The number of amides is 1. The van der Waals surface area contributed by atoms with Gasteiger partial charge in [-0.2, -0.15) is 0 Å². The SMILES string of the molecule is NC(=O)CNc1ncc(F)cc1F. The lowest BCUT2D eigenvalue weighted by Crippen LogP contribution is -2.22. The molecule has 1 rings (SSSR count). The molecule has 1 heterocycles. The van der Waals surface area contributed by atoms with Crippen molar-refractivity contribution in [3.63, 3.8) is 0 Å². The molecule has 0 aliphatic rings. The highest BCUT2D eigenvalue weighted by atomic mass is 19.1. The summed E-state index contributed by atoms with van der Waals surface area (Å²) in [6, 6.07) is 0.663. The molecule has 0 saturated carbocycles. The van der Waals surface area contributed by atoms with E-state index in [1.54, 1.807) is 0 Å². The Bertz CT molecular complexity index is 330. The molecule has 1 aromatic heterocycles. The number of primary amides is 1. The molecule has 0 unspecified atom stereocenters. The van der Waals surface area contributed by atoms with Crippen LogP contribution in [0.4, 0.5) is 14.6 Å². The van der Waals surface area contributed by atoms with E-state index in [2.05, 4.69) is 10.3 Å². The molecule has 6 heteroatoms. The molecule has 0 bridgehead atoms. The summed E-state index contributed by atoms with van der Waals surface area (Å²) in [7, 11) is 0. The molecule has 0 aromatic carbocycles. The predicted octanol–water partition coefficient (Wildman–Crippen LogP) is 0.257. The number of pyridine rings is 1.